The molecular weight excluding hydrogens is 600 g/mol. The molecule has 0 unspecified atom stereocenters. The van der Waals surface area contributed by atoms with Crippen molar-refractivity contribution >= 4 is 16.6 Å². The molecule has 0 atom stereocenters. The van der Waals surface area contributed by atoms with Crippen LogP contribution < -0.4 is 0 Å². The number of hydrogen-bond acceptors (Lipinski definition) is 9. The highest BCUT2D eigenvalue weighted by Gasteiger charge is 2.24. The van der Waals surface area contributed by atoms with Crippen LogP contribution in [0.2, 0.25) is 0 Å². The van der Waals surface area contributed by atoms with E-state index in [1.165, 1.54) is 11.9 Å². The van der Waals surface area contributed by atoms with Gasteiger partial charge in [-0.25, -0.2) is 15.0 Å². The zero-order valence-electron chi connectivity index (χ0n) is 25.9. The standard InChI is InChI=1S/C36H30N12/c1-2-6-24(7-3-1)27-20-28-29(15-19-48-35(28)45-46-36(48)34-38-22-39-42-34)40-31(27)25-11-9-23(10-12-25)21-47-17-13-26(14-18-47)32-41-33(44-43-32)30-8-4-5-16-37-30/h1-12,15-16,19-20,22,26H,13-14,17-18,21H2,(H,38,39,42)(H,41,43,44). The van der Waals surface area contributed by atoms with Crippen LogP contribution >= 0.6 is 0 Å². The third kappa shape index (κ3) is 5.17. The summed E-state index contributed by atoms with van der Waals surface area (Å²) in [6.07, 6.45) is 7.24. The smallest absolute Gasteiger partial charge is 0.205 e. The molecular formula is C36H30N12. The lowest BCUT2D eigenvalue weighted by Crippen LogP contribution is -2.32. The molecule has 0 aliphatic carbocycles. The summed E-state index contributed by atoms with van der Waals surface area (Å²) in [5.74, 6) is 3.15. The van der Waals surface area contributed by atoms with Crippen molar-refractivity contribution in [1.29, 1.82) is 0 Å². The Bertz CT molecular complexity index is 2320. The number of nitrogens with one attached hydrogen (secondary N) is 2. The molecule has 48 heavy (non-hydrogen) atoms. The van der Waals surface area contributed by atoms with Crippen LogP contribution in [0.15, 0.2) is 104 Å². The van der Waals surface area contributed by atoms with Crippen LogP contribution in [0.5, 0.6) is 0 Å². The van der Waals surface area contributed by atoms with E-state index in [0.29, 0.717) is 29.0 Å². The molecule has 6 aromatic heterocycles. The number of nitrogens with zero attached hydrogens (tertiary/aromatic N) is 10. The number of likely N-dealkylation sites (tertiary alicyclic amines) is 1. The van der Waals surface area contributed by atoms with Gasteiger partial charge in [0.15, 0.2) is 17.3 Å². The summed E-state index contributed by atoms with van der Waals surface area (Å²) in [7, 11) is 0. The predicted octanol–water partition coefficient (Wildman–Crippen LogP) is 5.96. The third-order valence-electron chi connectivity index (χ3n) is 9.09. The van der Waals surface area contributed by atoms with E-state index in [1.807, 2.05) is 40.9 Å². The fourth-order valence-corrected chi connectivity index (χ4v) is 6.58. The molecule has 0 radical (unpaired) electrons. The summed E-state index contributed by atoms with van der Waals surface area (Å²) in [5, 5.41) is 24.3. The fourth-order valence-electron chi connectivity index (χ4n) is 6.58. The van der Waals surface area contributed by atoms with Crippen LogP contribution in [0, 0.1) is 0 Å². The number of piperidine rings is 1. The number of H-pyrrole nitrogens is 2. The van der Waals surface area contributed by atoms with Gasteiger partial charge in [0.25, 0.3) is 0 Å². The predicted molar refractivity (Wildman–Crippen MR) is 181 cm³/mol. The highest BCUT2D eigenvalue weighted by atomic mass is 15.3. The molecule has 1 aliphatic rings. The molecule has 1 fully saturated rings. The SMILES string of the molecule is c1ccc(-c2cc3c(ccn4c(-c5ncn[nH]5)nnc34)nc2-c2ccc(CN3CCC(c4nc(-c5ccccn5)n[nH]4)CC3)cc2)cc1. The second-order valence-corrected chi connectivity index (χ2v) is 12.1. The molecule has 0 saturated carbocycles. The maximum absolute atomic E-state index is 5.20. The van der Waals surface area contributed by atoms with Gasteiger partial charge in [-0.05, 0) is 61.3 Å². The molecule has 7 heterocycles. The van der Waals surface area contributed by atoms with Crippen molar-refractivity contribution in [1.82, 2.24) is 59.8 Å². The maximum atomic E-state index is 5.20. The van der Waals surface area contributed by atoms with Gasteiger partial charge >= 0.3 is 0 Å². The first-order valence-electron chi connectivity index (χ1n) is 16.0. The van der Waals surface area contributed by atoms with Gasteiger partial charge in [-0.15, -0.1) is 10.2 Å². The van der Waals surface area contributed by atoms with E-state index in [2.05, 4.69) is 100 Å². The Hall–Kier alpha value is -6.14. The monoisotopic (exact) mass is 630 g/mol. The molecule has 12 nitrogen and oxygen atoms in total. The normalized spacial score (nSPS) is 14.2. The van der Waals surface area contributed by atoms with Gasteiger partial charge in [0, 0.05) is 41.4 Å². The summed E-state index contributed by atoms with van der Waals surface area (Å²) in [6, 6.07) is 29.2. The Morgan fingerprint density at radius 1 is 0.792 bits per heavy atom. The minimum atomic E-state index is 0.372. The molecule has 2 N–H and O–H groups in total. The average Bonchev–Trinajstić information content (AvgIpc) is 3.94. The van der Waals surface area contributed by atoms with Crippen LogP contribution in [0.1, 0.15) is 30.1 Å². The Kier molecular flexibility index (Phi) is 6.97. The Morgan fingerprint density at radius 2 is 1.65 bits per heavy atom. The van der Waals surface area contributed by atoms with Gasteiger partial charge < -0.3 is 0 Å². The first-order chi connectivity index (χ1) is 23.8. The number of aromatic nitrogens is 11. The van der Waals surface area contributed by atoms with Gasteiger partial charge in [0.1, 0.15) is 17.8 Å². The maximum Gasteiger partial charge on any atom is 0.205 e. The van der Waals surface area contributed by atoms with E-state index in [9.17, 15) is 0 Å². The molecule has 234 valence electrons. The Balaban J connectivity index is 0.958. The average molecular weight is 631 g/mol. The van der Waals surface area contributed by atoms with Crippen LogP contribution in [0.25, 0.3) is 62.1 Å². The molecule has 0 amide bonds. The van der Waals surface area contributed by atoms with E-state index in [-0.39, 0.29) is 0 Å². The zero-order valence-corrected chi connectivity index (χ0v) is 25.9. The second kappa shape index (κ2) is 11.9. The van der Waals surface area contributed by atoms with Gasteiger partial charge in [0.2, 0.25) is 5.82 Å². The Morgan fingerprint density at radius 3 is 2.44 bits per heavy atom. The molecule has 1 saturated heterocycles. The number of rotatable bonds is 7. The van der Waals surface area contributed by atoms with Crippen LogP contribution in [-0.4, -0.2) is 72.9 Å². The van der Waals surface area contributed by atoms with Crippen LogP contribution in [0.4, 0.5) is 0 Å². The lowest BCUT2D eigenvalue weighted by molar-refractivity contribution is 0.202. The fraction of sp³-hybridized carbons (Fsp3) is 0.167. The minimum Gasteiger partial charge on any atom is -0.299 e. The number of pyridine rings is 3. The van der Waals surface area contributed by atoms with Crippen molar-refractivity contribution in [3.8, 4) is 45.6 Å². The first kappa shape index (κ1) is 28.1. The van der Waals surface area contributed by atoms with Gasteiger partial charge in [-0.2, -0.15) is 10.2 Å². The lowest BCUT2D eigenvalue weighted by atomic mass is 9.95. The molecule has 0 spiro atoms. The van der Waals surface area contributed by atoms with Crippen molar-refractivity contribution in [2.75, 3.05) is 13.1 Å². The topological polar surface area (TPSA) is 142 Å². The van der Waals surface area contributed by atoms with Crippen molar-refractivity contribution in [3.63, 3.8) is 0 Å². The highest BCUT2D eigenvalue weighted by molar-refractivity contribution is 5.98. The quantitative estimate of drug-likeness (QED) is 0.218. The number of benzene rings is 2. The van der Waals surface area contributed by atoms with Gasteiger partial charge in [-0.3, -0.25) is 24.5 Å². The lowest BCUT2D eigenvalue weighted by Gasteiger charge is -2.31. The largest absolute Gasteiger partial charge is 0.299 e. The zero-order chi connectivity index (χ0) is 31.9. The van der Waals surface area contributed by atoms with Gasteiger partial charge in [0.05, 0.1) is 11.2 Å². The number of hydrogen-bond donors (Lipinski definition) is 2. The second-order valence-electron chi connectivity index (χ2n) is 12.1. The summed E-state index contributed by atoms with van der Waals surface area (Å²) in [4.78, 5) is 21.1. The van der Waals surface area contributed by atoms with Gasteiger partial charge in [-0.1, -0.05) is 60.7 Å². The minimum absolute atomic E-state index is 0.372. The van der Waals surface area contributed by atoms with Crippen molar-refractivity contribution in [3.05, 3.63) is 115 Å². The number of aromatic amines is 2. The molecule has 12 heteroatoms. The van der Waals surface area contributed by atoms with E-state index < -0.39 is 0 Å². The third-order valence-corrected chi connectivity index (χ3v) is 9.09. The van der Waals surface area contributed by atoms with Crippen molar-refractivity contribution in [2.24, 2.45) is 0 Å². The van der Waals surface area contributed by atoms with Crippen molar-refractivity contribution < 1.29 is 0 Å². The van der Waals surface area contributed by atoms with Crippen molar-refractivity contribution in [2.45, 2.75) is 25.3 Å². The Labute approximate surface area is 275 Å². The van der Waals surface area contributed by atoms with E-state index >= 15 is 0 Å². The highest BCUT2D eigenvalue weighted by Crippen LogP contribution is 2.35. The summed E-state index contributed by atoms with van der Waals surface area (Å²) in [5.41, 5.74) is 7.75. The van der Waals surface area contributed by atoms with E-state index in [4.69, 9.17) is 9.97 Å². The van der Waals surface area contributed by atoms with E-state index in [0.717, 1.165) is 77.3 Å². The molecule has 2 aromatic carbocycles. The number of fused-ring (bicyclic) bond motifs is 3. The summed E-state index contributed by atoms with van der Waals surface area (Å²) >= 11 is 0. The summed E-state index contributed by atoms with van der Waals surface area (Å²) < 4.78 is 1.92. The molecule has 9 rings (SSSR count). The molecule has 1 aliphatic heterocycles. The van der Waals surface area contributed by atoms with E-state index in [1.54, 1.807) is 6.20 Å². The molecule has 0 bridgehead atoms. The first-order valence-corrected chi connectivity index (χ1v) is 16.0. The van der Waals surface area contributed by atoms with Crippen LogP contribution in [0.3, 0.4) is 0 Å². The van der Waals surface area contributed by atoms with Crippen LogP contribution in [-0.2, 0) is 6.54 Å². The summed E-state index contributed by atoms with van der Waals surface area (Å²) in [6.45, 7) is 2.91. The molecule has 8 aromatic rings.